The first-order valence-corrected chi connectivity index (χ1v) is 11.4. The number of hydrogen-bond donors (Lipinski definition) is 3. The molecular formula is C27H32N4O3. The standard InChI is InChI=1S/C27H32N4O3/c1-3-4-12-24(26(32)30-22-16-15-19(2)17-21(22)28)31(27(29)33)23-13-8-9-14-25(23)34-18-20-10-6-5-7-11-20/h5-11,13-17,24H,3-4,12,18,28H2,1-2H3,(H2,29,33)(H,30,32)/t24-/m0/s1. The summed E-state index contributed by atoms with van der Waals surface area (Å²) in [5.41, 5.74) is 15.3. The molecule has 0 unspecified atom stereocenters. The Hall–Kier alpha value is -4.00. The summed E-state index contributed by atoms with van der Waals surface area (Å²) in [5, 5.41) is 2.87. The van der Waals surface area contributed by atoms with Gasteiger partial charge in [0.1, 0.15) is 18.4 Å². The molecule has 0 aliphatic carbocycles. The summed E-state index contributed by atoms with van der Waals surface area (Å²) in [4.78, 5) is 27.4. The van der Waals surface area contributed by atoms with Gasteiger partial charge in [0, 0.05) is 0 Å². The van der Waals surface area contributed by atoms with Crippen LogP contribution in [0.25, 0.3) is 0 Å². The van der Waals surface area contributed by atoms with Crippen LogP contribution in [0.15, 0.2) is 72.8 Å². The van der Waals surface area contributed by atoms with Gasteiger partial charge in [0.2, 0.25) is 5.91 Å². The number of primary amides is 1. The fraction of sp³-hybridized carbons (Fsp3) is 0.259. The first-order valence-electron chi connectivity index (χ1n) is 11.4. The number of rotatable bonds is 10. The molecule has 7 nitrogen and oxygen atoms in total. The third-order valence-electron chi connectivity index (χ3n) is 5.51. The first-order chi connectivity index (χ1) is 16.4. The van der Waals surface area contributed by atoms with E-state index in [9.17, 15) is 9.59 Å². The van der Waals surface area contributed by atoms with Gasteiger partial charge in [-0.15, -0.1) is 0 Å². The van der Waals surface area contributed by atoms with Crippen LogP contribution in [0.5, 0.6) is 5.75 Å². The topological polar surface area (TPSA) is 111 Å². The Bertz CT molecular complexity index is 1120. The van der Waals surface area contributed by atoms with Crippen molar-refractivity contribution in [3.63, 3.8) is 0 Å². The van der Waals surface area contributed by atoms with E-state index in [4.69, 9.17) is 16.2 Å². The number of amides is 3. The third kappa shape index (κ3) is 6.28. The number of carbonyl (C=O) groups is 2. The number of carbonyl (C=O) groups excluding carboxylic acids is 2. The second-order valence-corrected chi connectivity index (χ2v) is 8.19. The van der Waals surface area contributed by atoms with Gasteiger partial charge in [-0.1, -0.05) is 68.3 Å². The van der Waals surface area contributed by atoms with Crippen molar-refractivity contribution in [3.05, 3.63) is 83.9 Å². The highest BCUT2D eigenvalue weighted by molar-refractivity contribution is 6.05. The lowest BCUT2D eigenvalue weighted by Gasteiger charge is -2.31. The summed E-state index contributed by atoms with van der Waals surface area (Å²) < 4.78 is 6.04. The van der Waals surface area contributed by atoms with Gasteiger partial charge < -0.3 is 21.5 Å². The Balaban J connectivity index is 1.91. The second-order valence-electron chi connectivity index (χ2n) is 8.19. The molecule has 0 aliphatic heterocycles. The van der Waals surface area contributed by atoms with Crippen LogP contribution in [0.2, 0.25) is 0 Å². The molecule has 0 heterocycles. The average molecular weight is 461 g/mol. The Morgan fingerprint density at radius 2 is 1.74 bits per heavy atom. The van der Waals surface area contributed by atoms with E-state index in [1.165, 1.54) is 4.90 Å². The van der Waals surface area contributed by atoms with Crippen LogP contribution in [-0.4, -0.2) is 18.0 Å². The molecular weight excluding hydrogens is 428 g/mol. The molecule has 5 N–H and O–H groups in total. The van der Waals surface area contributed by atoms with Gasteiger partial charge in [-0.25, -0.2) is 4.79 Å². The summed E-state index contributed by atoms with van der Waals surface area (Å²) in [7, 11) is 0. The lowest BCUT2D eigenvalue weighted by Crippen LogP contribution is -2.50. The smallest absolute Gasteiger partial charge is 0.320 e. The van der Waals surface area contributed by atoms with Crippen LogP contribution in [0.4, 0.5) is 21.9 Å². The number of benzene rings is 3. The number of ether oxygens (including phenoxy) is 1. The summed E-state index contributed by atoms with van der Waals surface area (Å²) in [6.45, 7) is 4.27. The highest BCUT2D eigenvalue weighted by atomic mass is 16.5. The van der Waals surface area contributed by atoms with Crippen molar-refractivity contribution in [2.75, 3.05) is 16.0 Å². The molecule has 7 heteroatoms. The van der Waals surface area contributed by atoms with Crippen molar-refractivity contribution in [1.82, 2.24) is 0 Å². The molecule has 0 spiro atoms. The number of anilines is 3. The zero-order chi connectivity index (χ0) is 24.5. The van der Waals surface area contributed by atoms with Gasteiger partial charge in [0.25, 0.3) is 0 Å². The molecule has 0 aromatic heterocycles. The predicted octanol–water partition coefficient (Wildman–Crippen LogP) is 5.24. The number of aryl methyl sites for hydroxylation is 1. The Morgan fingerprint density at radius 3 is 2.41 bits per heavy atom. The Labute approximate surface area is 200 Å². The van der Waals surface area contributed by atoms with Gasteiger partial charge in [-0.3, -0.25) is 9.69 Å². The number of nitrogens with one attached hydrogen (secondary N) is 1. The van der Waals surface area contributed by atoms with Gasteiger partial charge in [0.05, 0.1) is 17.1 Å². The Kier molecular flexibility index (Phi) is 8.51. The number of para-hydroxylation sites is 2. The van der Waals surface area contributed by atoms with Crippen molar-refractivity contribution in [2.45, 2.75) is 45.8 Å². The summed E-state index contributed by atoms with van der Waals surface area (Å²) in [5.74, 6) is 0.106. The number of nitrogens with zero attached hydrogens (tertiary/aromatic N) is 1. The minimum Gasteiger partial charge on any atom is -0.487 e. The van der Waals surface area contributed by atoms with Crippen LogP contribution in [0.3, 0.4) is 0 Å². The minimum atomic E-state index is -0.834. The Morgan fingerprint density at radius 1 is 1.03 bits per heavy atom. The highest BCUT2D eigenvalue weighted by Crippen LogP contribution is 2.32. The molecule has 0 saturated carbocycles. The third-order valence-corrected chi connectivity index (χ3v) is 5.51. The van der Waals surface area contributed by atoms with Crippen molar-refractivity contribution >= 4 is 29.0 Å². The van der Waals surface area contributed by atoms with Gasteiger partial charge >= 0.3 is 6.03 Å². The lowest BCUT2D eigenvalue weighted by atomic mass is 10.1. The van der Waals surface area contributed by atoms with E-state index in [-0.39, 0.29) is 5.91 Å². The largest absolute Gasteiger partial charge is 0.487 e. The normalized spacial score (nSPS) is 11.5. The van der Waals surface area contributed by atoms with Crippen molar-refractivity contribution < 1.29 is 14.3 Å². The molecule has 3 aromatic rings. The zero-order valence-corrected chi connectivity index (χ0v) is 19.7. The molecule has 3 amide bonds. The monoisotopic (exact) mass is 460 g/mol. The number of nitrogens with two attached hydrogens (primary N) is 2. The lowest BCUT2D eigenvalue weighted by molar-refractivity contribution is -0.117. The number of nitrogen functional groups attached to an aromatic ring is 1. The van der Waals surface area contributed by atoms with Crippen molar-refractivity contribution in [3.8, 4) is 5.75 Å². The van der Waals surface area contributed by atoms with E-state index in [2.05, 4.69) is 5.32 Å². The summed E-state index contributed by atoms with van der Waals surface area (Å²) in [6, 6.07) is 20.7. The number of urea groups is 1. The summed E-state index contributed by atoms with van der Waals surface area (Å²) in [6.07, 6.45) is 2.03. The molecule has 0 bridgehead atoms. The van der Waals surface area contributed by atoms with Crippen LogP contribution in [0, 0.1) is 6.92 Å². The highest BCUT2D eigenvalue weighted by Gasteiger charge is 2.31. The molecule has 3 rings (SSSR count). The van der Waals surface area contributed by atoms with E-state index >= 15 is 0 Å². The van der Waals surface area contributed by atoms with Gasteiger partial charge in [-0.05, 0) is 48.7 Å². The minimum absolute atomic E-state index is 0.316. The maximum Gasteiger partial charge on any atom is 0.320 e. The van der Waals surface area contributed by atoms with E-state index in [0.29, 0.717) is 35.8 Å². The molecule has 0 aliphatic rings. The maximum atomic E-state index is 13.4. The average Bonchev–Trinajstić information content (AvgIpc) is 2.83. The molecule has 3 aromatic carbocycles. The molecule has 1 atom stereocenters. The molecule has 178 valence electrons. The fourth-order valence-electron chi connectivity index (χ4n) is 3.74. The van der Waals surface area contributed by atoms with Crippen LogP contribution in [-0.2, 0) is 11.4 Å². The maximum absolute atomic E-state index is 13.4. The zero-order valence-electron chi connectivity index (χ0n) is 19.7. The molecule has 34 heavy (non-hydrogen) atoms. The van der Waals surface area contributed by atoms with Gasteiger partial charge in [0.15, 0.2) is 0 Å². The van der Waals surface area contributed by atoms with E-state index in [1.807, 2.05) is 56.3 Å². The second kappa shape index (κ2) is 11.7. The molecule has 0 saturated heterocycles. The van der Waals surface area contributed by atoms with Crippen LogP contribution >= 0.6 is 0 Å². The molecule has 0 fully saturated rings. The first kappa shape index (κ1) is 24.6. The SMILES string of the molecule is CCCC[C@@H](C(=O)Nc1ccc(C)cc1N)N(C(N)=O)c1ccccc1OCc1ccccc1. The van der Waals surface area contributed by atoms with E-state index in [1.54, 1.807) is 30.3 Å². The quantitative estimate of drug-likeness (QED) is 0.359. The molecule has 0 radical (unpaired) electrons. The number of unbranched alkanes of at least 4 members (excludes halogenated alkanes) is 1. The van der Waals surface area contributed by atoms with Crippen LogP contribution in [0.1, 0.15) is 37.3 Å². The number of hydrogen-bond acceptors (Lipinski definition) is 4. The van der Waals surface area contributed by atoms with E-state index < -0.39 is 12.1 Å². The van der Waals surface area contributed by atoms with Crippen molar-refractivity contribution in [1.29, 1.82) is 0 Å². The van der Waals surface area contributed by atoms with E-state index in [0.717, 1.165) is 24.0 Å². The van der Waals surface area contributed by atoms with Crippen molar-refractivity contribution in [2.24, 2.45) is 5.73 Å². The van der Waals surface area contributed by atoms with Crippen LogP contribution < -0.4 is 26.4 Å². The van der Waals surface area contributed by atoms with Gasteiger partial charge in [-0.2, -0.15) is 0 Å². The predicted molar refractivity (Wildman–Crippen MR) is 137 cm³/mol. The summed E-state index contributed by atoms with van der Waals surface area (Å²) >= 11 is 0. The fourth-order valence-corrected chi connectivity index (χ4v) is 3.74.